The van der Waals surface area contributed by atoms with Crippen LogP contribution in [-0.2, 0) is 9.53 Å². The Labute approximate surface area is 119 Å². The van der Waals surface area contributed by atoms with Crippen LogP contribution in [0.15, 0.2) is 4.52 Å². The lowest BCUT2D eigenvalue weighted by Crippen LogP contribution is -2.41. The highest BCUT2D eigenvalue weighted by Crippen LogP contribution is 2.29. The van der Waals surface area contributed by atoms with Crippen LogP contribution in [0.25, 0.3) is 0 Å². The SMILES string of the molecule is CC(C)[C@H](NC(=O)C(F)(F)F)c1nc([C@@H]2CCCO2)no1. The van der Waals surface area contributed by atoms with E-state index in [0.29, 0.717) is 12.4 Å². The highest BCUT2D eigenvalue weighted by Gasteiger charge is 2.41. The van der Waals surface area contributed by atoms with Crippen molar-refractivity contribution in [2.45, 2.75) is 45.0 Å². The average molecular weight is 307 g/mol. The van der Waals surface area contributed by atoms with E-state index in [-0.39, 0.29) is 17.9 Å². The minimum Gasteiger partial charge on any atom is -0.370 e. The topological polar surface area (TPSA) is 77.2 Å². The van der Waals surface area contributed by atoms with Crippen LogP contribution in [-0.4, -0.2) is 28.8 Å². The molecule has 0 spiro atoms. The van der Waals surface area contributed by atoms with E-state index in [1.807, 2.05) is 5.32 Å². The van der Waals surface area contributed by atoms with Crippen molar-refractivity contribution in [3.63, 3.8) is 0 Å². The second kappa shape index (κ2) is 6.00. The Bertz CT molecular complexity index is 495. The van der Waals surface area contributed by atoms with Gasteiger partial charge in [-0.25, -0.2) is 0 Å². The van der Waals surface area contributed by atoms with Crippen LogP contribution in [0.3, 0.4) is 0 Å². The summed E-state index contributed by atoms with van der Waals surface area (Å²) in [5.41, 5.74) is 0. The quantitative estimate of drug-likeness (QED) is 0.923. The standard InChI is InChI=1S/C12H16F3N3O3/c1-6(2)8(16-11(19)12(13,14)15)10-17-9(18-21-10)7-4-3-5-20-7/h6-8H,3-5H2,1-2H3,(H,16,19)/t7-,8-/m0/s1. The summed E-state index contributed by atoms with van der Waals surface area (Å²) in [6.07, 6.45) is -3.65. The van der Waals surface area contributed by atoms with Gasteiger partial charge in [0, 0.05) is 6.61 Å². The van der Waals surface area contributed by atoms with Gasteiger partial charge >= 0.3 is 12.1 Å². The van der Waals surface area contributed by atoms with Crippen molar-refractivity contribution in [2.75, 3.05) is 6.61 Å². The number of hydrogen-bond acceptors (Lipinski definition) is 5. The van der Waals surface area contributed by atoms with Gasteiger partial charge in [-0.3, -0.25) is 4.79 Å². The summed E-state index contributed by atoms with van der Waals surface area (Å²) in [6, 6.07) is -0.998. The van der Waals surface area contributed by atoms with Crippen molar-refractivity contribution >= 4 is 5.91 Å². The predicted molar refractivity (Wildman–Crippen MR) is 64.0 cm³/mol. The number of carbonyl (C=O) groups is 1. The number of ether oxygens (including phenoxy) is 1. The molecule has 6 nitrogen and oxygen atoms in total. The minimum atomic E-state index is -4.95. The molecule has 1 N–H and O–H groups in total. The molecule has 1 amide bonds. The van der Waals surface area contributed by atoms with Crippen LogP contribution >= 0.6 is 0 Å². The van der Waals surface area contributed by atoms with Gasteiger partial charge in [-0.2, -0.15) is 18.2 Å². The Morgan fingerprint density at radius 3 is 2.67 bits per heavy atom. The van der Waals surface area contributed by atoms with Crippen molar-refractivity contribution in [3.05, 3.63) is 11.7 Å². The smallest absolute Gasteiger partial charge is 0.370 e. The van der Waals surface area contributed by atoms with Crippen LogP contribution in [0.4, 0.5) is 13.2 Å². The molecule has 1 fully saturated rings. The number of carbonyl (C=O) groups excluding carboxylic acids is 1. The Morgan fingerprint density at radius 2 is 2.14 bits per heavy atom. The predicted octanol–water partition coefficient (Wildman–Crippen LogP) is 2.30. The van der Waals surface area contributed by atoms with Crippen LogP contribution in [0.5, 0.6) is 0 Å². The molecule has 1 aliphatic heterocycles. The molecular weight excluding hydrogens is 291 g/mol. The molecular formula is C12H16F3N3O3. The molecule has 0 aliphatic carbocycles. The van der Waals surface area contributed by atoms with Gasteiger partial charge in [-0.05, 0) is 18.8 Å². The van der Waals surface area contributed by atoms with Gasteiger partial charge in [-0.15, -0.1) is 0 Å². The highest BCUT2D eigenvalue weighted by atomic mass is 19.4. The van der Waals surface area contributed by atoms with E-state index in [1.165, 1.54) is 0 Å². The molecule has 0 bridgehead atoms. The number of nitrogens with zero attached hydrogens (tertiary/aromatic N) is 2. The zero-order chi connectivity index (χ0) is 15.6. The first-order valence-corrected chi connectivity index (χ1v) is 6.62. The third kappa shape index (κ3) is 3.72. The fourth-order valence-corrected chi connectivity index (χ4v) is 2.02. The van der Waals surface area contributed by atoms with Crippen molar-refractivity contribution in [2.24, 2.45) is 5.92 Å². The summed E-state index contributed by atoms with van der Waals surface area (Å²) in [5.74, 6) is -2.12. The summed E-state index contributed by atoms with van der Waals surface area (Å²) >= 11 is 0. The Hall–Kier alpha value is -1.64. The van der Waals surface area contributed by atoms with Gasteiger partial charge in [-0.1, -0.05) is 19.0 Å². The van der Waals surface area contributed by atoms with E-state index in [9.17, 15) is 18.0 Å². The Kier molecular flexibility index (Phi) is 4.50. The van der Waals surface area contributed by atoms with Crippen LogP contribution in [0.2, 0.25) is 0 Å². The lowest BCUT2D eigenvalue weighted by molar-refractivity contribution is -0.175. The summed E-state index contributed by atoms with van der Waals surface area (Å²) in [6.45, 7) is 3.89. The monoisotopic (exact) mass is 307 g/mol. The van der Waals surface area contributed by atoms with E-state index in [1.54, 1.807) is 13.8 Å². The molecule has 0 aromatic carbocycles. The third-order valence-electron chi connectivity index (χ3n) is 3.15. The maximum atomic E-state index is 12.3. The average Bonchev–Trinajstić information content (AvgIpc) is 3.04. The summed E-state index contributed by atoms with van der Waals surface area (Å²) in [4.78, 5) is 15.1. The molecule has 1 saturated heterocycles. The fourth-order valence-electron chi connectivity index (χ4n) is 2.02. The molecule has 2 rings (SSSR count). The molecule has 118 valence electrons. The molecule has 1 aromatic rings. The number of aromatic nitrogens is 2. The zero-order valence-corrected chi connectivity index (χ0v) is 11.6. The van der Waals surface area contributed by atoms with Crippen molar-refractivity contribution in [3.8, 4) is 0 Å². The lowest BCUT2D eigenvalue weighted by atomic mass is 10.0. The van der Waals surface area contributed by atoms with E-state index < -0.39 is 18.1 Å². The van der Waals surface area contributed by atoms with Crippen LogP contribution < -0.4 is 5.32 Å². The van der Waals surface area contributed by atoms with E-state index >= 15 is 0 Å². The highest BCUT2D eigenvalue weighted by molar-refractivity contribution is 5.82. The molecule has 2 atom stereocenters. The van der Waals surface area contributed by atoms with Crippen LogP contribution in [0.1, 0.15) is 50.6 Å². The van der Waals surface area contributed by atoms with Crippen molar-refractivity contribution in [1.82, 2.24) is 15.5 Å². The molecule has 0 saturated carbocycles. The summed E-state index contributed by atoms with van der Waals surface area (Å²) < 4.78 is 47.4. The van der Waals surface area contributed by atoms with Crippen molar-refractivity contribution in [1.29, 1.82) is 0 Å². The van der Waals surface area contributed by atoms with Gasteiger partial charge in [0.15, 0.2) is 0 Å². The minimum absolute atomic E-state index is 0.0481. The molecule has 0 radical (unpaired) electrons. The number of alkyl halides is 3. The fraction of sp³-hybridized carbons (Fsp3) is 0.750. The molecule has 2 heterocycles. The van der Waals surface area contributed by atoms with E-state index in [2.05, 4.69) is 10.1 Å². The number of amides is 1. The molecule has 0 unspecified atom stereocenters. The second-order valence-electron chi connectivity index (χ2n) is 5.19. The normalized spacial score (nSPS) is 20.8. The maximum absolute atomic E-state index is 12.3. The first kappa shape index (κ1) is 15.7. The molecule has 1 aliphatic rings. The van der Waals surface area contributed by atoms with Gasteiger partial charge in [0.1, 0.15) is 12.1 Å². The van der Waals surface area contributed by atoms with Crippen molar-refractivity contribution < 1.29 is 27.2 Å². The maximum Gasteiger partial charge on any atom is 0.471 e. The number of rotatable bonds is 4. The Balaban J connectivity index is 2.13. The zero-order valence-electron chi connectivity index (χ0n) is 11.6. The lowest BCUT2D eigenvalue weighted by Gasteiger charge is -2.19. The van der Waals surface area contributed by atoms with E-state index in [0.717, 1.165) is 12.8 Å². The molecule has 9 heteroatoms. The largest absolute Gasteiger partial charge is 0.471 e. The summed E-state index contributed by atoms with van der Waals surface area (Å²) in [7, 11) is 0. The molecule has 21 heavy (non-hydrogen) atoms. The summed E-state index contributed by atoms with van der Waals surface area (Å²) in [5, 5.41) is 5.60. The first-order valence-electron chi connectivity index (χ1n) is 6.62. The van der Waals surface area contributed by atoms with Gasteiger partial charge in [0.05, 0.1) is 0 Å². The number of halogens is 3. The number of nitrogens with one attached hydrogen (secondary N) is 1. The third-order valence-corrected chi connectivity index (χ3v) is 3.15. The van der Waals surface area contributed by atoms with Crippen LogP contribution in [0, 0.1) is 5.92 Å². The number of hydrogen-bond donors (Lipinski definition) is 1. The second-order valence-corrected chi connectivity index (χ2v) is 5.19. The van der Waals surface area contributed by atoms with E-state index in [4.69, 9.17) is 9.26 Å². The van der Waals surface area contributed by atoms with Gasteiger partial charge < -0.3 is 14.6 Å². The Morgan fingerprint density at radius 1 is 1.43 bits per heavy atom. The van der Waals surface area contributed by atoms with Gasteiger partial charge in [0.25, 0.3) is 0 Å². The molecule has 1 aromatic heterocycles. The van der Waals surface area contributed by atoms with Gasteiger partial charge in [0.2, 0.25) is 11.7 Å². The first-order chi connectivity index (χ1) is 9.79.